The summed E-state index contributed by atoms with van der Waals surface area (Å²) in [6.07, 6.45) is -4.47. The molecule has 0 radical (unpaired) electrons. The zero-order valence-corrected chi connectivity index (χ0v) is 12.7. The van der Waals surface area contributed by atoms with E-state index in [-0.39, 0.29) is 23.7 Å². The highest BCUT2D eigenvalue weighted by Crippen LogP contribution is 2.31. The number of benzene rings is 1. The SMILES string of the molecule is CNOC(C)[C@@H](COc1cccc(C(F)(F)F)c1)C(C)C. The van der Waals surface area contributed by atoms with Crippen LogP contribution < -0.4 is 10.2 Å². The molecule has 1 N–H and O–H groups in total. The van der Waals surface area contributed by atoms with Gasteiger partial charge in [-0.05, 0) is 31.0 Å². The lowest BCUT2D eigenvalue weighted by molar-refractivity contribution is -0.137. The minimum absolute atomic E-state index is 0.0620. The quantitative estimate of drug-likeness (QED) is 0.775. The largest absolute Gasteiger partial charge is 0.493 e. The first kappa shape index (κ1) is 17.8. The topological polar surface area (TPSA) is 30.5 Å². The van der Waals surface area contributed by atoms with Crippen LogP contribution in [0, 0.1) is 11.8 Å². The van der Waals surface area contributed by atoms with Gasteiger partial charge in [0.1, 0.15) is 5.75 Å². The lowest BCUT2D eigenvalue weighted by Gasteiger charge is -2.27. The lowest BCUT2D eigenvalue weighted by atomic mass is 9.92. The molecule has 120 valence electrons. The first-order valence-corrected chi connectivity index (χ1v) is 6.88. The number of halogens is 3. The van der Waals surface area contributed by atoms with Crippen molar-refractivity contribution in [2.75, 3.05) is 13.7 Å². The molecule has 1 unspecified atom stereocenters. The molecule has 0 bridgehead atoms. The molecule has 1 aromatic rings. The molecular formula is C15H22F3NO2. The summed E-state index contributed by atoms with van der Waals surface area (Å²) in [6, 6.07) is 4.91. The second-order valence-electron chi connectivity index (χ2n) is 5.27. The molecule has 0 spiro atoms. The fourth-order valence-electron chi connectivity index (χ4n) is 2.10. The molecular weight excluding hydrogens is 283 g/mol. The average molecular weight is 305 g/mol. The van der Waals surface area contributed by atoms with Crippen molar-refractivity contribution in [1.82, 2.24) is 5.48 Å². The Hall–Kier alpha value is -1.27. The van der Waals surface area contributed by atoms with Gasteiger partial charge >= 0.3 is 6.18 Å². The molecule has 3 nitrogen and oxygen atoms in total. The molecule has 0 saturated heterocycles. The van der Waals surface area contributed by atoms with Crippen LogP contribution >= 0.6 is 0 Å². The third kappa shape index (κ3) is 5.55. The Labute approximate surface area is 123 Å². The van der Waals surface area contributed by atoms with E-state index in [4.69, 9.17) is 9.57 Å². The van der Waals surface area contributed by atoms with Gasteiger partial charge in [-0.1, -0.05) is 19.9 Å². The first-order chi connectivity index (χ1) is 9.75. The van der Waals surface area contributed by atoms with E-state index in [2.05, 4.69) is 5.48 Å². The maximum absolute atomic E-state index is 12.6. The number of hydrogen-bond donors (Lipinski definition) is 1. The number of nitrogens with one attached hydrogen (secondary N) is 1. The van der Waals surface area contributed by atoms with E-state index >= 15 is 0 Å². The van der Waals surface area contributed by atoms with Gasteiger partial charge in [-0.25, -0.2) is 5.48 Å². The average Bonchev–Trinajstić information content (AvgIpc) is 2.38. The third-order valence-electron chi connectivity index (χ3n) is 3.37. The van der Waals surface area contributed by atoms with Crippen molar-refractivity contribution >= 4 is 0 Å². The standard InChI is InChI=1S/C15H22F3NO2/c1-10(2)14(11(3)21-19-4)9-20-13-7-5-6-12(8-13)15(16,17)18/h5-8,10-11,14,19H,9H2,1-4H3/t11?,14-/m0/s1. The predicted octanol–water partition coefficient (Wildman–Crippen LogP) is 3.90. The molecule has 1 rings (SSSR count). The van der Waals surface area contributed by atoms with Crippen molar-refractivity contribution in [3.63, 3.8) is 0 Å². The fraction of sp³-hybridized carbons (Fsp3) is 0.600. The van der Waals surface area contributed by atoms with Gasteiger partial charge in [-0.15, -0.1) is 0 Å². The van der Waals surface area contributed by atoms with Crippen LogP contribution in [0.1, 0.15) is 26.3 Å². The van der Waals surface area contributed by atoms with Crippen LogP contribution in [0.3, 0.4) is 0 Å². The highest BCUT2D eigenvalue weighted by Gasteiger charge is 2.30. The van der Waals surface area contributed by atoms with Crippen molar-refractivity contribution in [3.8, 4) is 5.75 Å². The van der Waals surface area contributed by atoms with Crippen molar-refractivity contribution in [2.24, 2.45) is 11.8 Å². The molecule has 0 aliphatic rings. The minimum Gasteiger partial charge on any atom is -0.493 e. The van der Waals surface area contributed by atoms with Crippen LogP contribution in [0.2, 0.25) is 0 Å². The molecule has 21 heavy (non-hydrogen) atoms. The second kappa shape index (κ2) is 7.66. The monoisotopic (exact) mass is 305 g/mol. The smallest absolute Gasteiger partial charge is 0.416 e. The van der Waals surface area contributed by atoms with E-state index in [0.29, 0.717) is 6.61 Å². The summed E-state index contributed by atoms with van der Waals surface area (Å²) in [6.45, 7) is 6.24. The van der Waals surface area contributed by atoms with E-state index < -0.39 is 11.7 Å². The molecule has 0 heterocycles. The first-order valence-electron chi connectivity index (χ1n) is 6.88. The highest BCUT2D eigenvalue weighted by atomic mass is 19.4. The van der Waals surface area contributed by atoms with E-state index in [1.807, 2.05) is 20.8 Å². The van der Waals surface area contributed by atoms with Gasteiger partial charge in [0.05, 0.1) is 18.3 Å². The Morgan fingerprint density at radius 2 is 1.86 bits per heavy atom. The van der Waals surface area contributed by atoms with Crippen LogP contribution in [0.15, 0.2) is 24.3 Å². The zero-order valence-electron chi connectivity index (χ0n) is 12.7. The zero-order chi connectivity index (χ0) is 16.0. The van der Waals surface area contributed by atoms with Crippen molar-refractivity contribution < 1.29 is 22.7 Å². The van der Waals surface area contributed by atoms with Crippen LogP contribution in [0.5, 0.6) is 5.75 Å². The van der Waals surface area contributed by atoms with Crippen molar-refractivity contribution in [3.05, 3.63) is 29.8 Å². The molecule has 0 fully saturated rings. The fourth-order valence-corrected chi connectivity index (χ4v) is 2.10. The van der Waals surface area contributed by atoms with E-state index in [0.717, 1.165) is 12.1 Å². The third-order valence-corrected chi connectivity index (χ3v) is 3.37. The van der Waals surface area contributed by atoms with E-state index in [1.165, 1.54) is 12.1 Å². The normalized spacial score (nSPS) is 15.0. The summed E-state index contributed by atoms with van der Waals surface area (Å²) >= 11 is 0. The second-order valence-corrected chi connectivity index (χ2v) is 5.27. The minimum atomic E-state index is -4.36. The summed E-state index contributed by atoms with van der Waals surface area (Å²) in [5.41, 5.74) is 1.92. The number of ether oxygens (including phenoxy) is 1. The summed E-state index contributed by atoms with van der Waals surface area (Å²) < 4.78 is 43.4. The van der Waals surface area contributed by atoms with Crippen LogP contribution in [0.4, 0.5) is 13.2 Å². The molecule has 2 atom stereocenters. The maximum atomic E-state index is 12.6. The molecule has 0 saturated carbocycles. The Balaban J connectivity index is 2.72. The Kier molecular flexibility index (Phi) is 6.48. The molecule has 1 aromatic carbocycles. The number of hydroxylamine groups is 1. The van der Waals surface area contributed by atoms with E-state index in [9.17, 15) is 13.2 Å². The van der Waals surface area contributed by atoms with Gasteiger partial charge in [0.15, 0.2) is 0 Å². The van der Waals surface area contributed by atoms with Crippen LogP contribution in [-0.4, -0.2) is 19.8 Å². The van der Waals surface area contributed by atoms with Gasteiger partial charge in [0, 0.05) is 13.0 Å². The summed E-state index contributed by atoms with van der Waals surface area (Å²) in [7, 11) is 1.67. The molecule has 0 aliphatic carbocycles. The number of rotatable bonds is 7. The number of hydrogen-bond acceptors (Lipinski definition) is 3. The maximum Gasteiger partial charge on any atom is 0.416 e. The Morgan fingerprint density at radius 1 is 1.19 bits per heavy atom. The van der Waals surface area contributed by atoms with E-state index in [1.54, 1.807) is 7.05 Å². The van der Waals surface area contributed by atoms with Gasteiger partial charge < -0.3 is 4.74 Å². The summed E-state index contributed by atoms with van der Waals surface area (Å²) in [5, 5.41) is 0. The van der Waals surface area contributed by atoms with Crippen LogP contribution in [-0.2, 0) is 11.0 Å². The highest BCUT2D eigenvalue weighted by molar-refractivity contribution is 5.30. The lowest BCUT2D eigenvalue weighted by Crippen LogP contribution is -2.33. The Morgan fingerprint density at radius 3 is 2.38 bits per heavy atom. The Bertz CT molecular complexity index is 435. The molecule has 0 amide bonds. The van der Waals surface area contributed by atoms with Gasteiger partial charge in [0.25, 0.3) is 0 Å². The predicted molar refractivity (Wildman–Crippen MR) is 74.9 cm³/mol. The number of alkyl halides is 3. The summed E-state index contributed by atoms with van der Waals surface area (Å²) in [5.74, 6) is 0.554. The molecule has 6 heteroatoms. The molecule has 0 aliphatic heterocycles. The van der Waals surface area contributed by atoms with Gasteiger partial charge in [-0.3, -0.25) is 4.84 Å². The summed E-state index contributed by atoms with van der Waals surface area (Å²) in [4.78, 5) is 5.32. The van der Waals surface area contributed by atoms with Gasteiger partial charge in [0.2, 0.25) is 0 Å². The van der Waals surface area contributed by atoms with Gasteiger partial charge in [-0.2, -0.15) is 13.2 Å². The van der Waals surface area contributed by atoms with Crippen LogP contribution in [0.25, 0.3) is 0 Å². The van der Waals surface area contributed by atoms with Crippen molar-refractivity contribution in [2.45, 2.75) is 33.1 Å². The molecule has 0 aromatic heterocycles. The van der Waals surface area contributed by atoms with Crippen molar-refractivity contribution in [1.29, 1.82) is 0 Å².